The number of guanidine groups is 1. The molecule has 0 saturated carbocycles. The van der Waals surface area contributed by atoms with Crippen LogP contribution < -0.4 is 15.5 Å². The van der Waals surface area contributed by atoms with Gasteiger partial charge in [-0.1, -0.05) is 12.1 Å². The van der Waals surface area contributed by atoms with Gasteiger partial charge in [-0.25, -0.2) is 9.97 Å². The van der Waals surface area contributed by atoms with Gasteiger partial charge >= 0.3 is 6.18 Å². The topological polar surface area (TPSA) is 68.7 Å². The molecule has 1 fully saturated rings. The van der Waals surface area contributed by atoms with E-state index in [1.807, 2.05) is 6.07 Å². The molecule has 182 valence electrons. The number of halogens is 4. The maximum Gasteiger partial charge on any atom is 0.416 e. The van der Waals surface area contributed by atoms with E-state index in [2.05, 4.69) is 35.4 Å². The van der Waals surface area contributed by atoms with Crippen LogP contribution in [0.25, 0.3) is 0 Å². The summed E-state index contributed by atoms with van der Waals surface area (Å²) in [5.74, 6) is 1.49. The lowest BCUT2D eigenvalue weighted by atomic mass is 10.1. The third kappa shape index (κ3) is 8.95. The van der Waals surface area contributed by atoms with Crippen molar-refractivity contribution < 1.29 is 13.2 Å². The highest BCUT2D eigenvalue weighted by atomic mass is 127. The summed E-state index contributed by atoms with van der Waals surface area (Å²) in [6.07, 6.45) is 0.845. The van der Waals surface area contributed by atoms with Crippen molar-refractivity contribution >= 4 is 35.9 Å². The molecule has 1 aromatic carbocycles. The van der Waals surface area contributed by atoms with Crippen LogP contribution in [-0.4, -0.2) is 73.7 Å². The van der Waals surface area contributed by atoms with E-state index in [1.54, 1.807) is 19.4 Å². The van der Waals surface area contributed by atoms with Gasteiger partial charge in [-0.2, -0.15) is 13.2 Å². The van der Waals surface area contributed by atoms with Gasteiger partial charge in [-0.05, 0) is 43.1 Å². The third-order valence-electron chi connectivity index (χ3n) is 5.36. The molecule has 2 N–H and O–H groups in total. The average molecular weight is 577 g/mol. The molecule has 2 heterocycles. The van der Waals surface area contributed by atoms with Gasteiger partial charge in [-0.3, -0.25) is 9.89 Å². The molecule has 0 amide bonds. The number of aromatic nitrogens is 2. The van der Waals surface area contributed by atoms with Crippen molar-refractivity contribution in [3.8, 4) is 0 Å². The molecule has 1 aliphatic rings. The summed E-state index contributed by atoms with van der Waals surface area (Å²) in [5, 5.41) is 6.50. The number of hydrogen-bond acceptors (Lipinski definition) is 5. The molecule has 0 unspecified atom stereocenters. The second kappa shape index (κ2) is 13.5. The van der Waals surface area contributed by atoms with Crippen molar-refractivity contribution in [1.82, 2.24) is 25.5 Å². The quantitative estimate of drug-likeness (QED) is 0.218. The fraction of sp³-hybridized carbons (Fsp3) is 0.500. The molecular weight excluding hydrogens is 546 g/mol. The lowest BCUT2D eigenvalue weighted by Gasteiger charge is -2.34. The van der Waals surface area contributed by atoms with Crippen LogP contribution in [0.3, 0.4) is 0 Å². The molecular formula is C22H31F3IN7. The lowest BCUT2D eigenvalue weighted by Crippen LogP contribution is -2.47. The van der Waals surface area contributed by atoms with Crippen molar-refractivity contribution in [2.75, 3.05) is 57.8 Å². The Morgan fingerprint density at radius 1 is 1.00 bits per heavy atom. The fourth-order valence-electron chi connectivity index (χ4n) is 3.54. The number of alkyl halides is 3. The number of aliphatic imine (C=N–C) groups is 1. The average Bonchev–Trinajstić information content (AvgIpc) is 2.81. The number of rotatable bonds is 8. The maximum absolute atomic E-state index is 12.6. The van der Waals surface area contributed by atoms with Crippen LogP contribution >= 0.6 is 24.0 Å². The van der Waals surface area contributed by atoms with Crippen LogP contribution in [0.5, 0.6) is 0 Å². The van der Waals surface area contributed by atoms with Gasteiger partial charge in [0.25, 0.3) is 0 Å². The third-order valence-corrected chi connectivity index (χ3v) is 5.36. The van der Waals surface area contributed by atoms with Gasteiger partial charge in [-0.15, -0.1) is 24.0 Å². The molecule has 0 bridgehead atoms. The second-order valence-electron chi connectivity index (χ2n) is 7.60. The van der Waals surface area contributed by atoms with Crippen LogP contribution in [0.1, 0.15) is 17.5 Å². The predicted molar refractivity (Wildman–Crippen MR) is 135 cm³/mol. The molecule has 0 atom stereocenters. The van der Waals surface area contributed by atoms with Crippen LogP contribution in [0, 0.1) is 0 Å². The summed E-state index contributed by atoms with van der Waals surface area (Å²) in [5.41, 5.74) is 0.225. The smallest absolute Gasteiger partial charge is 0.356 e. The number of hydrogen-bond donors (Lipinski definition) is 2. The molecule has 11 heteroatoms. The van der Waals surface area contributed by atoms with E-state index < -0.39 is 11.7 Å². The van der Waals surface area contributed by atoms with Gasteiger partial charge in [0.2, 0.25) is 5.95 Å². The van der Waals surface area contributed by atoms with Crippen molar-refractivity contribution in [2.24, 2.45) is 4.99 Å². The first-order valence-corrected chi connectivity index (χ1v) is 10.8. The molecule has 1 saturated heterocycles. The van der Waals surface area contributed by atoms with Crippen molar-refractivity contribution in [3.63, 3.8) is 0 Å². The zero-order chi connectivity index (χ0) is 22.8. The number of nitrogens with one attached hydrogen (secondary N) is 2. The fourth-order valence-corrected chi connectivity index (χ4v) is 3.54. The molecule has 33 heavy (non-hydrogen) atoms. The number of piperazine rings is 1. The Balaban J connectivity index is 0.00000385. The minimum absolute atomic E-state index is 0. The normalized spacial score (nSPS) is 15.2. The number of benzene rings is 1. The maximum atomic E-state index is 12.6. The first-order chi connectivity index (χ1) is 15.5. The monoisotopic (exact) mass is 577 g/mol. The van der Waals surface area contributed by atoms with Crippen LogP contribution in [0.2, 0.25) is 0 Å². The van der Waals surface area contributed by atoms with E-state index in [9.17, 15) is 13.2 Å². The molecule has 1 aliphatic heterocycles. The van der Waals surface area contributed by atoms with Gasteiger partial charge in [0.1, 0.15) is 0 Å². The van der Waals surface area contributed by atoms with Crippen molar-refractivity contribution in [1.29, 1.82) is 0 Å². The van der Waals surface area contributed by atoms with E-state index >= 15 is 0 Å². The summed E-state index contributed by atoms with van der Waals surface area (Å²) < 4.78 is 37.9. The second-order valence-corrected chi connectivity index (χ2v) is 7.60. The molecule has 1 aromatic heterocycles. The molecule has 3 rings (SSSR count). The minimum atomic E-state index is -4.30. The number of nitrogens with zero attached hydrogens (tertiary/aromatic N) is 5. The largest absolute Gasteiger partial charge is 0.416 e. The Bertz CT molecular complexity index is 839. The highest BCUT2D eigenvalue weighted by Gasteiger charge is 2.29. The predicted octanol–water partition coefficient (Wildman–Crippen LogP) is 3.03. The summed E-state index contributed by atoms with van der Waals surface area (Å²) in [7, 11) is 1.71. The Morgan fingerprint density at radius 3 is 2.24 bits per heavy atom. The Kier molecular flexibility index (Phi) is 11.1. The van der Waals surface area contributed by atoms with Gasteiger partial charge in [0.05, 0.1) is 5.56 Å². The first kappa shape index (κ1) is 27.1. The molecule has 0 aliphatic carbocycles. The first-order valence-electron chi connectivity index (χ1n) is 10.8. The van der Waals surface area contributed by atoms with Crippen molar-refractivity contribution in [3.05, 3.63) is 53.9 Å². The van der Waals surface area contributed by atoms with Crippen LogP contribution in [-0.2, 0) is 12.6 Å². The minimum Gasteiger partial charge on any atom is -0.356 e. The van der Waals surface area contributed by atoms with Crippen molar-refractivity contribution in [2.45, 2.75) is 19.0 Å². The Hall–Kier alpha value is -2.15. The lowest BCUT2D eigenvalue weighted by molar-refractivity contribution is -0.137. The summed E-state index contributed by atoms with van der Waals surface area (Å²) >= 11 is 0. The highest BCUT2D eigenvalue weighted by molar-refractivity contribution is 14.0. The van der Waals surface area contributed by atoms with E-state index in [1.165, 1.54) is 12.1 Å². The Morgan fingerprint density at radius 2 is 1.64 bits per heavy atom. The van der Waals surface area contributed by atoms with E-state index in [4.69, 9.17) is 0 Å². The summed E-state index contributed by atoms with van der Waals surface area (Å²) in [4.78, 5) is 17.5. The van der Waals surface area contributed by atoms with Gasteiger partial charge in [0, 0.05) is 58.7 Å². The molecule has 0 spiro atoms. The van der Waals surface area contributed by atoms with E-state index in [-0.39, 0.29) is 24.0 Å². The van der Waals surface area contributed by atoms with E-state index in [0.717, 1.165) is 69.3 Å². The summed E-state index contributed by atoms with van der Waals surface area (Å²) in [6, 6.07) is 7.10. The zero-order valence-corrected chi connectivity index (χ0v) is 21.0. The zero-order valence-electron chi connectivity index (χ0n) is 18.7. The summed E-state index contributed by atoms with van der Waals surface area (Å²) in [6.45, 7) is 6.20. The standard InChI is InChI=1S/C22H30F3N7.HI/c1-26-20(28-12-8-18-4-6-19(7-5-18)22(23,24)25)27-11-3-13-31-14-16-32(17-15-31)21-29-9-2-10-30-21;/h2,4-7,9-10H,3,8,11-17H2,1H3,(H2,26,27,28);1H. The number of anilines is 1. The molecule has 2 aromatic rings. The highest BCUT2D eigenvalue weighted by Crippen LogP contribution is 2.29. The van der Waals surface area contributed by atoms with Crippen LogP contribution in [0.15, 0.2) is 47.7 Å². The SMILES string of the molecule is CN=C(NCCCN1CCN(c2ncccn2)CC1)NCCc1ccc(C(F)(F)F)cc1.I. The molecule has 7 nitrogen and oxygen atoms in total. The van der Waals surface area contributed by atoms with Crippen LogP contribution in [0.4, 0.5) is 19.1 Å². The van der Waals surface area contributed by atoms with Gasteiger partial charge < -0.3 is 15.5 Å². The Labute approximate surface area is 209 Å². The van der Waals surface area contributed by atoms with Gasteiger partial charge in [0.15, 0.2) is 5.96 Å². The van der Waals surface area contributed by atoms with E-state index in [0.29, 0.717) is 18.9 Å². The molecule has 0 radical (unpaired) electrons.